The maximum atomic E-state index is 12.4. The van der Waals surface area contributed by atoms with E-state index in [0.29, 0.717) is 11.0 Å². The average molecular weight is 373 g/mol. The van der Waals surface area contributed by atoms with Crippen LogP contribution < -0.4 is 15.6 Å². The number of hydrogen-bond acceptors (Lipinski definition) is 4. The summed E-state index contributed by atoms with van der Waals surface area (Å²) in [7, 11) is 0. The molecule has 0 aliphatic rings. The SMILES string of the molecule is CC(NC(=O)Cn1c(=O)cnc2ccccc21)c1ccc(OC(F)F)cc1. The maximum absolute atomic E-state index is 12.4. The number of para-hydroxylation sites is 2. The van der Waals surface area contributed by atoms with E-state index in [-0.39, 0.29) is 29.8 Å². The molecule has 27 heavy (non-hydrogen) atoms. The molecular formula is C19H17F2N3O3. The fraction of sp³-hybridized carbons (Fsp3) is 0.211. The van der Waals surface area contributed by atoms with Gasteiger partial charge in [0.25, 0.3) is 5.56 Å². The monoisotopic (exact) mass is 373 g/mol. The Balaban J connectivity index is 1.71. The normalized spacial score (nSPS) is 12.1. The van der Waals surface area contributed by atoms with Gasteiger partial charge in [-0.15, -0.1) is 0 Å². The highest BCUT2D eigenvalue weighted by atomic mass is 19.3. The van der Waals surface area contributed by atoms with E-state index in [0.717, 1.165) is 5.56 Å². The molecule has 2 aromatic carbocycles. The number of nitrogens with one attached hydrogen (secondary N) is 1. The molecule has 0 saturated carbocycles. The molecular weight excluding hydrogens is 356 g/mol. The minimum Gasteiger partial charge on any atom is -0.435 e. The van der Waals surface area contributed by atoms with Crippen LogP contribution in [0.2, 0.25) is 0 Å². The number of rotatable bonds is 6. The van der Waals surface area contributed by atoms with Crippen LogP contribution in [0.1, 0.15) is 18.5 Å². The third kappa shape index (κ3) is 4.46. The molecule has 1 atom stereocenters. The van der Waals surface area contributed by atoms with Crippen molar-refractivity contribution >= 4 is 16.9 Å². The minimum absolute atomic E-state index is 0.0436. The highest BCUT2D eigenvalue weighted by molar-refractivity contribution is 5.80. The molecule has 1 unspecified atom stereocenters. The molecule has 0 bridgehead atoms. The number of benzene rings is 2. The van der Waals surface area contributed by atoms with Crippen LogP contribution in [-0.2, 0) is 11.3 Å². The number of halogens is 2. The van der Waals surface area contributed by atoms with Crippen LogP contribution in [0, 0.1) is 0 Å². The largest absolute Gasteiger partial charge is 0.435 e. The zero-order valence-electron chi connectivity index (χ0n) is 14.4. The number of aromatic nitrogens is 2. The molecule has 140 valence electrons. The zero-order chi connectivity index (χ0) is 19.4. The van der Waals surface area contributed by atoms with Crippen LogP contribution in [0.4, 0.5) is 8.78 Å². The van der Waals surface area contributed by atoms with Crippen molar-refractivity contribution in [1.29, 1.82) is 0 Å². The van der Waals surface area contributed by atoms with Gasteiger partial charge in [-0.3, -0.25) is 14.2 Å². The summed E-state index contributed by atoms with van der Waals surface area (Å²) in [6.45, 7) is -1.28. The first kappa shape index (κ1) is 18.5. The van der Waals surface area contributed by atoms with Gasteiger partial charge in [-0.25, -0.2) is 4.98 Å². The molecule has 0 radical (unpaired) electrons. The van der Waals surface area contributed by atoms with E-state index in [1.807, 2.05) is 0 Å². The second-order valence-corrected chi connectivity index (χ2v) is 5.91. The number of carbonyl (C=O) groups excluding carboxylic acids is 1. The number of ether oxygens (including phenoxy) is 1. The molecule has 1 N–H and O–H groups in total. The topological polar surface area (TPSA) is 73.2 Å². The van der Waals surface area contributed by atoms with Crippen molar-refractivity contribution in [2.45, 2.75) is 26.1 Å². The first-order valence-electron chi connectivity index (χ1n) is 8.23. The lowest BCUT2D eigenvalue weighted by Gasteiger charge is -2.16. The molecule has 3 aromatic rings. The van der Waals surface area contributed by atoms with Crippen LogP contribution in [0.3, 0.4) is 0 Å². The smallest absolute Gasteiger partial charge is 0.387 e. The molecule has 8 heteroatoms. The van der Waals surface area contributed by atoms with Crippen LogP contribution >= 0.6 is 0 Å². The fourth-order valence-corrected chi connectivity index (χ4v) is 2.73. The Hall–Kier alpha value is -3.29. The Morgan fingerprint density at radius 3 is 2.59 bits per heavy atom. The highest BCUT2D eigenvalue weighted by Gasteiger charge is 2.13. The van der Waals surface area contributed by atoms with E-state index in [4.69, 9.17) is 0 Å². The molecule has 0 aliphatic carbocycles. The Morgan fingerprint density at radius 1 is 1.19 bits per heavy atom. The van der Waals surface area contributed by atoms with Gasteiger partial charge >= 0.3 is 6.61 Å². The van der Waals surface area contributed by atoms with Gasteiger partial charge in [0, 0.05) is 0 Å². The molecule has 1 aromatic heterocycles. The summed E-state index contributed by atoms with van der Waals surface area (Å²) in [5.41, 5.74) is 1.54. The number of nitrogens with zero attached hydrogens (tertiary/aromatic N) is 2. The van der Waals surface area contributed by atoms with Gasteiger partial charge in [0.05, 0.1) is 23.3 Å². The van der Waals surface area contributed by atoms with E-state index in [1.54, 1.807) is 43.3 Å². The summed E-state index contributed by atoms with van der Waals surface area (Å²) in [5, 5.41) is 2.79. The summed E-state index contributed by atoms with van der Waals surface area (Å²) >= 11 is 0. The number of amides is 1. The maximum Gasteiger partial charge on any atom is 0.387 e. The lowest BCUT2D eigenvalue weighted by molar-refractivity contribution is -0.122. The Kier molecular flexibility index (Phi) is 5.44. The first-order valence-corrected chi connectivity index (χ1v) is 8.23. The second kappa shape index (κ2) is 7.94. The summed E-state index contributed by atoms with van der Waals surface area (Å²) in [5.74, 6) is -0.309. The van der Waals surface area contributed by atoms with Crippen molar-refractivity contribution in [1.82, 2.24) is 14.9 Å². The number of hydrogen-bond donors (Lipinski definition) is 1. The quantitative estimate of drug-likeness (QED) is 0.721. The molecule has 1 amide bonds. The Bertz CT molecular complexity index is 1000. The molecule has 0 spiro atoms. The summed E-state index contributed by atoms with van der Waals surface area (Å²) in [4.78, 5) is 28.5. The van der Waals surface area contributed by atoms with E-state index >= 15 is 0 Å². The fourth-order valence-electron chi connectivity index (χ4n) is 2.73. The number of fused-ring (bicyclic) bond motifs is 1. The van der Waals surface area contributed by atoms with Crippen LogP contribution in [-0.4, -0.2) is 22.1 Å². The van der Waals surface area contributed by atoms with Crippen molar-refractivity contribution in [3.8, 4) is 5.75 Å². The lowest BCUT2D eigenvalue weighted by atomic mass is 10.1. The molecule has 1 heterocycles. The predicted molar refractivity (Wildman–Crippen MR) is 95.6 cm³/mol. The van der Waals surface area contributed by atoms with Crippen molar-refractivity contribution in [2.75, 3.05) is 0 Å². The third-order valence-corrected chi connectivity index (χ3v) is 4.04. The molecule has 0 fully saturated rings. The summed E-state index contributed by atoms with van der Waals surface area (Å²) < 4.78 is 30.0. The van der Waals surface area contributed by atoms with E-state index in [1.165, 1.54) is 22.9 Å². The van der Waals surface area contributed by atoms with E-state index in [9.17, 15) is 18.4 Å². The van der Waals surface area contributed by atoms with Crippen LogP contribution in [0.15, 0.2) is 59.5 Å². The standard InChI is InChI=1S/C19H17F2N3O3/c1-12(13-6-8-14(9-7-13)27-19(20)21)23-17(25)11-24-16-5-3-2-4-15(16)22-10-18(24)26/h2-10,12,19H,11H2,1H3,(H,23,25). The van der Waals surface area contributed by atoms with E-state index in [2.05, 4.69) is 15.0 Å². The minimum atomic E-state index is -2.89. The third-order valence-electron chi connectivity index (χ3n) is 4.04. The number of alkyl halides is 2. The summed E-state index contributed by atoms with van der Waals surface area (Å²) in [6, 6.07) is 12.7. The van der Waals surface area contributed by atoms with Gasteiger partial charge in [-0.2, -0.15) is 8.78 Å². The van der Waals surface area contributed by atoms with Gasteiger partial charge in [-0.1, -0.05) is 24.3 Å². The van der Waals surface area contributed by atoms with Gasteiger partial charge in [0.15, 0.2) is 0 Å². The Morgan fingerprint density at radius 2 is 1.89 bits per heavy atom. The van der Waals surface area contributed by atoms with Crippen LogP contribution in [0.5, 0.6) is 5.75 Å². The van der Waals surface area contributed by atoms with Gasteiger partial charge in [-0.05, 0) is 36.8 Å². The second-order valence-electron chi connectivity index (χ2n) is 5.91. The van der Waals surface area contributed by atoms with E-state index < -0.39 is 6.61 Å². The zero-order valence-corrected chi connectivity index (χ0v) is 14.4. The molecule has 3 rings (SSSR count). The molecule has 0 saturated heterocycles. The van der Waals surface area contributed by atoms with Crippen molar-refractivity contribution in [2.24, 2.45) is 0 Å². The van der Waals surface area contributed by atoms with Gasteiger partial charge in [0.2, 0.25) is 5.91 Å². The van der Waals surface area contributed by atoms with Crippen molar-refractivity contribution in [3.63, 3.8) is 0 Å². The van der Waals surface area contributed by atoms with Crippen molar-refractivity contribution in [3.05, 3.63) is 70.6 Å². The molecule has 6 nitrogen and oxygen atoms in total. The molecule has 0 aliphatic heterocycles. The van der Waals surface area contributed by atoms with Gasteiger partial charge in [0.1, 0.15) is 12.3 Å². The highest BCUT2D eigenvalue weighted by Crippen LogP contribution is 2.19. The predicted octanol–water partition coefficient (Wildman–Crippen LogP) is 2.88. The Labute approximate surface area is 153 Å². The first-order chi connectivity index (χ1) is 12.9. The average Bonchev–Trinajstić information content (AvgIpc) is 2.64. The van der Waals surface area contributed by atoms with Crippen molar-refractivity contribution < 1.29 is 18.3 Å². The lowest BCUT2D eigenvalue weighted by Crippen LogP contribution is -2.34. The van der Waals surface area contributed by atoms with Gasteiger partial charge < -0.3 is 10.1 Å². The number of carbonyl (C=O) groups is 1. The summed E-state index contributed by atoms with van der Waals surface area (Å²) in [6.07, 6.45) is 1.18. The van der Waals surface area contributed by atoms with Crippen LogP contribution in [0.25, 0.3) is 11.0 Å².